The third kappa shape index (κ3) is 4.72. The molecule has 5 nitrogen and oxygen atoms in total. The van der Waals surface area contributed by atoms with Crippen molar-refractivity contribution in [3.8, 4) is 40.2 Å². The fraction of sp³-hybridized carbons (Fsp3) is 0.143. The van der Waals surface area contributed by atoms with Gasteiger partial charge >= 0.3 is 0 Å². The summed E-state index contributed by atoms with van der Waals surface area (Å²) in [5.74, 6) is 1.57. The van der Waals surface area contributed by atoms with Crippen LogP contribution in [0, 0.1) is 0 Å². The van der Waals surface area contributed by atoms with E-state index in [2.05, 4.69) is 0 Å². The van der Waals surface area contributed by atoms with Gasteiger partial charge in [-0.3, -0.25) is 0 Å². The molecule has 7 rings (SSSR count). The summed E-state index contributed by atoms with van der Waals surface area (Å²) in [6.07, 6.45) is 2.85. The van der Waals surface area contributed by atoms with E-state index in [-0.39, 0.29) is 23.0 Å². The van der Waals surface area contributed by atoms with E-state index in [1.54, 1.807) is 24.3 Å². The summed E-state index contributed by atoms with van der Waals surface area (Å²) in [6, 6.07) is 23.9. The molecule has 33 heavy (non-hydrogen) atoms. The van der Waals surface area contributed by atoms with Crippen molar-refractivity contribution in [3.05, 3.63) is 101 Å². The molecule has 0 amide bonds. The van der Waals surface area contributed by atoms with Crippen LogP contribution in [0.15, 0.2) is 78.9 Å². The van der Waals surface area contributed by atoms with E-state index in [1.807, 2.05) is 54.6 Å². The number of ether oxygens (including phenoxy) is 2. The first-order valence-electron chi connectivity index (χ1n) is 10.9. The van der Waals surface area contributed by atoms with Gasteiger partial charge in [-0.05, 0) is 96.5 Å². The lowest BCUT2D eigenvalue weighted by Crippen LogP contribution is -1.96. The Morgan fingerprint density at radius 2 is 1.12 bits per heavy atom. The van der Waals surface area contributed by atoms with Crippen LogP contribution in [0.4, 0.5) is 0 Å². The molecule has 0 saturated carbocycles. The maximum absolute atomic E-state index is 10.5. The van der Waals surface area contributed by atoms with E-state index in [9.17, 15) is 15.3 Å². The minimum absolute atomic E-state index is 0.0509. The van der Waals surface area contributed by atoms with Crippen molar-refractivity contribution in [1.29, 1.82) is 0 Å². The van der Waals surface area contributed by atoms with Crippen LogP contribution < -0.4 is 9.47 Å². The lowest BCUT2D eigenvalue weighted by molar-refractivity contribution is 0.375. The number of hydrogen-bond donors (Lipinski definition) is 3. The molecule has 5 heteroatoms. The maximum atomic E-state index is 10.5. The first kappa shape index (κ1) is 20.8. The number of aryl methyl sites for hydroxylation is 4. The van der Waals surface area contributed by atoms with E-state index in [0.29, 0.717) is 23.7 Å². The van der Waals surface area contributed by atoms with Crippen molar-refractivity contribution < 1.29 is 24.8 Å². The zero-order valence-electron chi connectivity index (χ0n) is 18.0. The highest BCUT2D eigenvalue weighted by atomic mass is 16.5. The second-order valence-corrected chi connectivity index (χ2v) is 8.26. The molecule has 8 bridgehead atoms. The molecular weight excluding hydrogens is 416 g/mol. The van der Waals surface area contributed by atoms with Gasteiger partial charge in [-0.15, -0.1) is 0 Å². The van der Waals surface area contributed by atoms with Crippen LogP contribution in [0.1, 0.15) is 22.3 Å². The molecule has 0 saturated heterocycles. The fourth-order valence-electron chi connectivity index (χ4n) is 4.01. The molecule has 4 aromatic rings. The zero-order valence-corrected chi connectivity index (χ0v) is 18.0. The van der Waals surface area contributed by atoms with Gasteiger partial charge in [-0.1, -0.05) is 30.3 Å². The highest BCUT2D eigenvalue weighted by molar-refractivity contribution is 5.54. The summed E-state index contributed by atoms with van der Waals surface area (Å²) in [7, 11) is 0. The predicted octanol–water partition coefficient (Wildman–Crippen LogP) is 6.27. The van der Waals surface area contributed by atoms with Crippen LogP contribution in [0.25, 0.3) is 0 Å². The average Bonchev–Trinajstić information content (AvgIpc) is 2.81. The Morgan fingerprint density at radius 1 is 0.485 bits per heavy atom. The highest BCUT2D eigenvalue weighted by Crippen LogP contribution is 2.40. The van der Waals surface area contributed by atoms with Gasteiger partial charge in [0.05, 0.1) is 0 Å². The van der Waals surface area contributed by atoms with Gasteiger partial charge in [0.15, 0.2) is 23.0 Å². The number of fused-ring (bicyclic) bond motifs is 2. The molecule has 0 aliphatic carbocycles. The van der Waals surface area contributed by atoms with E-state index < -0.39 is 0 Å². The zero-order chi connectivity index (χ0) is 22.8. The Morgan fingerprint density at radius 3 is 1.88 bits per heavy atom. The van der Waals surface area contributed by atoms with Crippen molar-refractivity contribution in [2.24, 2.45) is 0 Å². The van der Waals surface area contributed by atoms with Gasteiger partial charge in [0.2, 0.25) is 5.75 Å². The standard InChI is InChI=1S/C28H24O5/c29-24-13-10-20-6-5-19-2-1-3-23(14-19)33-28-25(30)15-21(16-26(28)31)7-4-18-8-11-22(12-9-18)32-27(24)17-20/h1-3,8-17,29-31H,4-7H2. The molecule has 3 heterocycles. The van der Waals surface area contributed by atoms with Gasteiger partial charge in [0.1, 0.15) is 11.5 Å². The Bertz CT molecular complexity index is 1270. The van der Waals surface area contributed by atoms with Crippen molar-refractivity contribution in [1.82, 2.24) is 0 Å². The van der Waals surface area contributed by atoms with Crippen LogP contribution in [0.2, 0.25) is 0 Å². The molecule has 166 valence electrons. The Kier molecular flexibility index (Phi) is 5.53. The Balaban J connectivity index is 1.52. The summed E-state index contributed by atoms with van der Waals surface area (Å²) in [4.78, 5) is 0. The van der Waals surface area contributed by atoms with Crippen molar-refractivity contribution in [3.63, 3.8) is 0 Å². The van der Waals surface area contributed by atoms with Gasteiger partial charge in [0, 0.05) is 0 Å². The van der Waals surface area contributed by atoms with Crippen molar-refractivity contribution in [2.45, 2.75) is 25.7 Å². The molecule has 0 fully saturated rings. The Labute approximate surface area is 192 Å². The second kappa shape index (κ2) is 8.79. The normalized spacial score (nSPS) is 13.2. The number of phenols is 3. The summed E-state index contributed by atoms with van der Waals surface area (Å²) >= 11 is 0. The van der Waals surface area contributed by atoms with Crippen molar-refractivity contribution >= 4 is 0 Å². The average molecular weight is 440 g/mol. The van der Waals surface area contributed by atoms with Crippen LogP contribution in [0.5, 0.6) is 40.2 Å². The van der Waals surface area contributed by atoms with Gasteiger partial charge in [-0.25, -0.2) is 0 Å². The minimum Gasteiger partial charge on any atom is -0.504 e. The summed E-state index contributed by atoms with van der Waals surface area (Å²) in [6.45, 7) is 0. The molecule has 0 radical (unpaired) electrons. The van der Waals surface area contributed by atoms with Gasteiger partial charge < -0.3 is 24.8 Å². The fourth-order valence-corrected chi connectivity index (χ4v) is 4.01. The lowest BCUT2D eigenvalue weighted by Gasteiger charge is -2.14. The second-order valence-electron chi connectivity index (χ2n) is 8.26. The molecule has 3 aliphatic heterocycles. The SMILES string of the molecule is Oc1ccc2cc1Oc1ccc(cc1)CCc1cc(O)c(c(O)c1)Oc1cccc(c1)CC2. The van der Waals surface area contributed by atoms with Crippen LogP contribution in [-0.2, 0) is 25.7 Å². The first-order valence-corrected chi connectivity index (χ1v) is 10.9. The molecule has 0 aromatic heterocycles. The topological polar surface area (TPSA) is 79.2 Å². The number of benzene rings is 4. The molecule has 0 spiro atoms. The van der Waals surface area contributed by atoms with Gasteiger partial charge in [-0.2, -0.15) is 0 Å². The van der Waals surface area contributed by atoms with E-state index in [1.165, 1.54) is 0 Å². The third-order valence-electron chi connectivity index (χ3n) is 5.81. The quantitative estimate of drug-likeness (QED) is 0.300. The lowest BCUT2D eigenvalue weighted by atomic mass is 10.0. The van der Waals surface area contributed by atoms with Crippen LogP contribution in [-0.4, -0.2) is 15.3 Å². The molecule has 3 N–H and O–H groups in total. The molecule has 3 aliphatic rings. The summed E-state index contributed by atoms with van der Waals surface area (Å²) < 4.78 is 11.8. The van der Waals surface area contributed by atoms with Crippen molar-refractivity contribution in [2.75, 3.05) is 0 Å². The smallest absolute Gasteiger partial charge is 0.210 e. The first-order chi connectivity index (χ1) is 16.0. The highest BCUT2D eigenvalue weighted by Gasteiger charge is 2.14. The number of hydrogen-bond acceptors (Lipinski definition) is 5. The largest absolute Gasteiger partial charge is 0.504 e. The molecular formula is C28H24O5. The molecule has 4 aromatic carbocycles. The number of aromatic hydroxyl groups is 3. The number of rotatable bonds is 0. The van der Waals surface area contributed by atoms with Crippen LogP contribution >= 0.6 is 0 Å². The maximum Gasteiger partial charge on any atom is 0.210 e. The monoisotopic (exact) mass is 440 g/mol. The summed E-state index contributed by atoms with van der Waals surface area (Å²) in [5.41, 5.74) is 3.98. The van der Waals surface area contributed by atoms with Crippen LogP contribution in [0.3, 0.4) is 0 Å². The Hall–Kier alpha value is -4.12. The van der Waals surface area contributed by atoms with Gasteiger partial charge in [0.25, 0.3) is 0 Å². The van der Waals surface area contributed by atoms with E-state index >= 15 is 0 Å². The third-order valence-corrected chi connectivity index (χ3v) is 5.81. The summed E-state index contributed by atoms with van der Waals surface area (Å²) in [5, 5.41) is 31.2. The van der Waals surface area contributed by atoms with E-state index in [0.717, 1.165) is 41.5 Å². The molecule has 0 atom stereocenters. The van der Waals surface area contributed by atoms with E-state index in [4.69, 9.17) is 9.47 Å². The minimum atomic E-state index is -0.0924. The number of phenolic OH excluding ortho intramolecular Hbond substituents is 3. The molecule has 0 unspecified atom stereocenters. The predicted molar refractivity (Wildman–Crippen MR) is 126 cm³/mol.